The SMILES string of the molecule is CCOC(=O)c1ccc(S(C)(=O)=O)c(C)c1O. The van der Waals surface area contributed by atoms with E-state index in [1.165, 1.54) is 19.1 Å². The minimum atomic E-state index is -3.42. The lowest BCUT2D eigenvalue weighted by atomic mass is 10.1. The lowest BCUT2D eigenvalue weighted by Crippen LogP contribution is -2.08. The van der Waals surface area contributed by atoms with Crippen molar-refractivity contribution >= 4 is 15.8 Å². The molecule has 0 bridgehead atoms. The molecule has 94 valence electrons. The van der Waals surface area contributed by atoms with Gasteiger partial charge in [0.15, 0.2) is 9.84 Å². The highest BCUT2D eigenvalue weighted by atomic mass is 32.2. The van der Waals surface area contributed by atoms with Gasteiger partial charge >= 0.3 is 5.97 Å². The Morgan fingerprint density at radius 1 is 1.41 bits per heavy atom. The first kappa shape index (κ1) is 13.5. The normalized spacial score (nSPS) is 11.2. The van der Waals surface area contributed by atoms with E-state index in [2.05, 4.69) is 0 Å². The van der Waals surface area contributed by atoms with Crippen LogP contribution in [0.1, 0.15) is 22.8 Å². The maximum Gasteiger partial charge on any atom is 0.341 e. The van der Waals surface area contributed by atoms with E-state index in [4.69, 9.17) is 4.74 Å². The Bertz CT molecular complexity index is 545. The average molecular weight is 258 g/mol. The maximum atomic E-state index is 11.4. The van der Waals surface area contributed by atoms with Crippen LogP contribution in [0.2, 0.25) is 0 Å². The summed E-state index contributed by atoms with van der Waals surface area (Å²) in [5.41, 5.74) is 0.120. The quantitative estimate of drug-likeness (QED) is 0.826. The fourth-order valence-electron chi connectivity index (χ4n) is 1.46. The number of aromatic hydroxyl groups is 1. The molecule has 1 aromatic carbocycles. The van der Waals surface area contributed by atoms with Gasteiger partial charge in [0.05, 0.1) is 11.5 Å². The lowest BCUT2D eigenvalue weighted by molar-refractivity contribution is 0.0522. The Labute approximate surface area is 100.0 Å². The fourth-order valence-corrected chi connectivity index (χ4v) is 2.43. The second kappa shape index (κ2) is 4.75. The number of hydrogen-bond acceptors (Lipinski definition) is 5. The van der Waals surface area contributed by atoms with E-state index in [1.807, 2.05) is 0 Å². The van der Waals surface area contributed by atoms with E-state index in [0.29, 0.717) is 0 Å². The number of carbonyl (C=O) groups is 1. The molecule has 0 aromatic heterocycles. The molecule has 0 aliphatic carbocycles. The van der Waals surface area contributed by atoms with Crippen molar-refractivity contribution in [1.29, 1.82) is 0 Å². The summed E-state index contributed by atoms with van der Waals surface area (Å²) < 4.78 is 27.5. The number of esters is 1. The third kappa shape index (κ3) is 2.76. The molecule has 0 heterocycles. The molecule has 1 N–H and O–H groups in total. The molecule has 0 atom stereocenters. The van der Waals surface area contributed by atoms with Crippen molar-refractivity contribution in [2.45, 2.75) is 18.7 Å². The van der Waals surface area contributed by atoms with Gasteiger partial charge in [-0.25, -0.2) is 13.2 Å². The minimum absolute atomic E-state index is 0.00282. The summed E-state index contributed by atoms with van der Waals surface area (Å²) in [7, 11) is -3.42. The monoisotopic (exact) mass is 258 g/mol. The number of ether oxygens (including phenoxy) is 1. The van der Waals surface area contributed by atoms with E-state index >= 15 is 0 Å². The lowest BCUT2D eigenvalue weighted by Gasteiger charge is -2.09. The summed E-state index contributed by atoms with van der Waals surface area (Å²) >= 11 is 0. The van der Waals surface area contributed by atoms with Crippen LogP contribution >= 0.6 is 0 Å². The number of hydrogen-bond donors (Lipinski definition) is 1. The molecule has 0 aliphatic heterocycles. The minimum Gasteiger partial charge on any atom is -0.507 e. The molecule has 6 heteroatoms. The molecule has 0 saturated carbocycles. The van der Waals surface area contributed by atoms with Crippen molar-refractivity contribution in [3.05, 3.63) is 23.3 Å². The number of carbonyl (C=O) groups excluding carboxylic acids is 1. The van der Waals surface area contributed by atoms with Gasteiger partial charge in [-0.3, -0.25) is 0 Å². The van der Waals surface area contributed by atoms with Crippen LogP contribution in [0, 0.1) is 6.92 Å². The Hall–Kier alpha value is -1.56. The summed E-state index contributed by atoms with van der Waals surface area (Å²) in [6.45, 7) is 3.27. The number of rotatable bonds is 3. The molecule has 0 saturated heterocycles. The van der Waals surface area contributed by atoms with Crippen LogP contribution in [0.25, 0.3) is 0 Å². The molecule has 0 radical (unpaired) electrons. The van der Waals surface area contributed by atoms with E-state index in [1.54, 1.807) is 6.92 Å². The number of sulfone groups is 1. The van der Waals surface area contributed by atoms with E-state index in [-0.39, 0.29) is 28.4 Å². The van der Waals surface area contributed by atoms with Crippen LogP contribution in [-0.2, 0) is 14.6 Å². The Morgan fingerprint density at radius 2 is 2.00 bits per heavy atom. The van der Waals surface area contributed by atoms with Gasteiger partial charge in [0.1, 0.15) is 11.3 Å². The average Bonchev–Trinajstić information content (AvgIpc) is 2.20. The third-order valence-electron chi connectivity index (χ3n) is 2.28. The van der Waals surface area contributed by atoms with Gasteiger partial charge in [0.25, 0.3) is 0 Å². The van der Waals surface area contributed by atoms with E-state index in [9.17, 15) is 18.3 Å². The zero-order valence-corrected chi connectivity index (χ0v) is 10.7. The smallest absolute Gasteiger partial charge is 0.341 e. The molecule has 1 aromatic rings. The van der Waals surface area contributed by atoms with Gasteiger partial charge in [-0.15, -0.1) is 0 Å². The zero-order chi connectivity index (χ0) is 13.2. The summed E-state index contributed by atoms with van der Waals surface area (Å²) in [4.78, 5) is 11.4. The molecule has 0 amide bonds. The van der Waals surface area contributed by atoms with E-state index in [0.717, 1.165) is 6.26 Å². The first-order valence-electron chi connectivity index (χ1n) is 4.98. The first-order chi connectivity index (χ1) is 7.79. The van der Waals surface area contributed by atoms with Crippen LogP contribution in [0.15, 0.2) is 17.0 Å². The molecule has 0 aliphatic rings. The van der Waals surface area contributed by atoms with Crippen molar-refractivity contribution < 1.29 is 23.1 Å². The van der Waals surface area contributed by atoms with E-state index < -0.39 is 15.8 Å². The zero-order valence-electron chi connectivity index (χ0n) is 9.85. The molecule has 0 fully saturated rings. The highest BCUT2D eigenvalue weighted by molar-refractivity contribution is 7.90. The second-order valence-corrected chi connectivity index (χ2v) is 5.56. The standard InChI is InChI=1S/C11H14O5S/c1-4-16-11(13)8-5-6-9(17(3,14)15)7(2)10(8)12/h5-6,12H,4H2,1-3H3. The van der Waals surface area contributed by atoms with Gasteiger partial charge in [-0.05, 0) is 26.0 Å². The van der Waals surface area contributed by atoms with Crippen LogP contribution in [0.3, 0.4) is 0 Å². The summed E-state index contributed by atoms with van der Waals surface area (Å²) in [5, 5.41) is 9.77. The Kier molecular flexibility index (Phi) is 3.77. The Morgan fingerprint density at radius 3 is 2.47 bits per heavy atom. The summed E-state index contributed by atoms with van der Waals surface area (Å²) in [6.07, 6.45) is 1.04. The van der Waals surface area contributed by atoms with Crippen LogP contribution < -0.4 is 0 Å². The van der Waals surface area contributed by atoms with Crippen molar-refractivity contribution in [3.8, 4) is 5.75 Å². The first-order valence-corrected chi connectivity index (χ1v) is 6.88. The van der Waals surface area contributed by atoms with Gasteiger partial charge in [0.2, 0.25) is 0 Å². The van der Waals surface area contributed by atoms with Crippen molar-refractivity contribution in [2.75, 3.05) is 12.9 Å². The fraction of sp³-hybridized carbons (Fsp3) is 0.364. The van der Waals surface area contributed by atoms with Crippen LogP contribution in [0.4, 0.5) is 0 Å². The van der Waals surface area contributed by atoms with Crippen molar-refractivity contribution in [1.82, 2.24) is 0 Å². The maximum absolute atomic E-state index is 11.4. The topological polar surface area (TPSA) is 80.7 Å². The summed E-state index contributed by atoms with van der Waals surface area (Å²) in [6, 6.07) is 2.54. The van der Waals surface area contributed by atoms with Gasteiger partial charge in [-0.2, -0.15) is 0 Å². The van der Waals surface area contributed by atoms with Crippen LogP contribution in [0.5, 0.6) is 5.75 Å². The molecule has 0 spiro atoms. The number of phenolic OH excluding ortho intramolecular Hbond substituents is 1. The van der Waals surface area contributed by atoms with Gasteiger partial charge in [-0.1, -0.05) is 0 Å². The van der Waals surface area contributed by atoms with Crippen molar-refractivity contribution in [3.63, 3.8) is 0 Å². The molecule has 0 unspecified atom stereocenters. The van der Waals surface area contributed by atoms with Gasteiger partial charge in [0, 0.05) is 11.8 Å². The second-order valence-electron chi connectivity index (χ2n) is 3.58. The third-order valence-corrected chi connectivity index (χ3v) is 3.52. The van der Waals surface area contributed by atoms with Gasteiger partial charge < -0.3 is 9.84 Å². The highest BCUT2D eigenvalue weighted by Gasteiger charge is 2.20. The highest BCUT2D eigenvalue weighted by Crippen LogP contribution is 2.28. The predicted octanol–water partition coefficient (Wildman–Crippen LogP) is 1.28. The van der Waals surface area contributed by atoms with Crippen molar-refractivity contribution in [2.24, 2.45) is 0 Å². The number of phenols is 1. The summed E-state index contributed by atoms with van der Waals surface area (Å²) in [5.74, 6) is -1.03. The molecular weight excluding hydrogens is 244 g/mol. The molecule has 1 rings (SSSR count). The number of benzene rings is 1. The molecular formula is C11H14O5S. The molecule has 17 heavy (non-hydrogen) atoms. The molecule has 5 nitrogen and oxygen atoms in total. The largest absolute Gasteiger partial charge is 0.507 e. The van der Waals surface area contributed by atoms with Crippen LogP contribution in [-0.4, -0.2) is 32.4 Å². The Balaban J connectivity index is 3.34. The predicted molar refractivity (Wildman–Crippen MR) is 61.9 cm³/mol.